The molecule has 0 aromatic heterocycles. The summed E-state index contributed by atoms with van der Waals surface area (Å²) in [5.41, 5.74) is 1.80. The first-order valence-corrected chi connectivity index (χ1v) is 7.45. The molecule has 2 aromatic rings. The Balaban J connectivity index is 1.70. The molecule has 120 valence electrons. The third-order valence-electron chi connectivity index (χ3n) is 3.13. The number of carbonyl (C=O) groups is 2. The minimum Gasteiger partial charge on any atom is -0.444 e. The minimum absolute atomic E-state index is 0.0978. The Morgan fingerprint density at radius 1 is 1.00 bits per heavy atom. The molecule has 0 saturated carbocycles. The lowest BCUT2D eigenvalue weighted by molar-refractivity contribution is -0.120. The number of rotatable bonds is 6. The van der Waals surface area contributed by atoms with E-state index in [2.05, 4.69) is 10.6 Å². The monoisotopic (exact) mass is 312 g/mol. The van der Waals surface area contributed by atoms with Crippen LogP contribution in [-0.4, -0.2) is 18.0 Å². The van der Waals surface area contributed by atoms with Crippen LogP contribution in [0.15, 0.2) is 60.7 Å². The van der Waals surface area contributed by atoms with Crippen LogP contribution in [0.5, 0.6) is 0 Å². The van der Waals surface area contributed by atoms with Crippen LogP contribution in [0.2, 0.25) is 0 Å². The molecule has 0 spiro atoms. The van der Waals surface area contributed by atoms with Crippen molar-refractivity contribution in [1.29, 1.82) is 0 Å². The van der Waals surface area contributed by atoms with Gasteiger partial charge in [-0.1, -0.05) is 48.5 Å². The van der Waals surface area contributed by atoms with E-state index in [0.29, 0.717) is 0 Å². The molecule has 0 bridgehead atoms. The van der Waals surface area contributed by atoms with Gasteiger partial charge in [-0.2, -0.15) is 0 Å². The molecule has 0 heterocycles. The van der Waals surface area contributed by atoms with E-state index in [1.807, 2.05) is 67.6 Å². The number of benzene rings is 2. The number of ether oxygens (including phenoxy) is 1. The first-order chi connectivity index (χ1) is 11.1. The Kier molecular flexibility index (Phi) is 6.17. The predicted octanol–water partition coefficient (Wildman–Crippen LogP) is 3.33. The average Bonchev–Trinajstić information content (AvgIpc) is 2.54. The van der Waals surface area contributed by atoms with Crippen LogP contribution in [-0.2, 0) is 16.1 Å². The number of carbonyl (C=O) groups excluding carboxylic acids is 2. The van der Waals surface area contributed by atoms with E-state index < -0.39 is 6.09 Å². The Morgan fingerprint density at radius 2 is 1.61 bits per heavy atom. The molecular weight excluding hydrogens is 292 g/mol. The number of para-hydroxylation sites is 1. The molecule has 23 heavy (non-hydrogen) atoms. The molecule has 2 N–H and O–H groups in total. The summed E-state index contributed by atoms with van der Waals surface area (Å²) in [7, 11) is 0. The normalized spacial score (nSPS) is 11.3. The van der Waals surface area contributed by atoms with Crippen molar-refractivity contribution >= 4 is 17.7 Å². The molecule has 2 amide bonds. The topological polar surface area (TPSA) is 67.4 Å². The lowest BCUT2D eigenvalue weighted by atomic mass is 10.2. The number of hydrogen-bond donors (Lipinski definition) is 2. The van der Waals surface area contributed by atoms with E-state index in [4.69, 9.17) is 4.74 Å². The number of nitrogens with one attached hydrogen (secondary N) is 2. The van der Waals surface area contributed by atoms with E-state index in [-0.39, 0.29) is 25.0 Å². The second kappa shape index (κ2) is 8.58. The summed E-state index contributed by atoms with van der Waals surface area (Å²) in [6.45, 7) is 2.01. The summed E-state index contributed by atoms with van der Waals surface area (Å²) < 4.78 is 5.01. The highest BCUT2D eigenvalue weighted by atomic mass is 16.5. The highest BCUT2D eigenvalue weighted by molar-refractivity contribution is 5.92. The van der Waals surface area contributed by atoms with Gasteiger partial charge in [0.25, 0.3) is 0 Å². The highest BCUT2D eigenvalue weighted by Crippen LogP contribution is 2.08. The Labute approximate surface area is 135 Å². The van der Waals surface area contributed by atoms with Crippen molar-refractivity contribution in [2.24, 2.45) is 0 Å². The first-order valence-electron chi connectivity index (χ1n) is 7.45. The van der Waals surface area contributed by atoms with Gasteiger partial charge in [0, 0.05) is 18.2 Å². The third-order valence-corrected chi connectivity index (χ3v) is 3.13. The lowest BCUT2D eigenvalue weighted by Gasteiger charge is -2.14. The van der Waals surface area contributed by atoms with Crippen LogP contribution in [0.25, 0.3) is 0 Å². The summed E-state index contributed by atoms with van der Waals surface area (Å²) in [6, 6.07) is 18.8. The van der Waals surface area contributed by atoms with Crippen LogP contribution in [0, 0.1) is 0 Å². The number of anilines is 1. The second-order valence-corrected chi connectivity index (χ2v) is 5.23. The molecule has 2 aromatic carbocycles. The fourth-order valence-corrected chi connectivity index (χ4v) is 2.07. The van der Waals surface area contributed by atoms with Gasteiger partial charge in [-0.25, -0.2) is 4.79 Å². The maximum Gasteiger partial charge on any atom is 0.414 e. The SMILES string of the molecule is C[C@@H](CC(=O)NC(=O)OCc1ccccc1)Nc1ccccc1. The van der Waals surface area contributed by atoms with Gasteiger partial charge in [-0.05, 0) is 24.6 Å². The molecule has 5 nitrogen and oxygen atoms in total. The molecule has 0 aliphatic rings. The highest BCUT2D eigenvalue weighted by Gasteiger charge is 2.13. The van der Waals surface area contributed by atoms with Crippen molar-refractivity contribution in [2.45, 2.75) is 26.0 Å². The largest absolute Gasteiger partial charge is 0.444 e. The quantitative estimate of drug-likeness (QED) is 0.858. The maximum absolute atomic E-state index is 11.8. The van der Waals surface area contributed by atoms with E-state index in [0.717, 1.165) is 11.3 Å². The first kappa shape index (κ1) is 16.5. The molecule has 1 atom stereocenters. The molecule has 0 aliphatic carbocycles. The average molecular weight is 312 g/mol. The van der Waals surface area contributed by atoms with Crippen LogP contribution < -0.4 is 10.6 Å². The zero-order valence-electron chi connectivity index (χ0n) is 13.0. The Morgan fingerprint density at radius 3 is 2.26 bits per heavy atom. The van der Waals surface area contributed by atoms with Crippen LogP contribution >= 0.6 is 0 Å². The molecule has 0 saturated heterocycles. The zero-order valence-corrected chi connectivity index (χ0v) is 13.0. The Hall–Kier alpha value is -2.82. The van der Waals surface area contributed by atoms with E-state index in [1.165, 1.54) is 0 Å². The minimum atomic E-state index is -0.731. The number of imide groups is 1. The van der Waals surface area contributed by atoms with Crippen molar-refractivity contribution in [3.8, 4) is 0 Å². The third kappa shape index (κ3) is 6.22. The molecule has 0 unspecified atom stereocenters. The molecule has 0 fully saturated rings. The van der Waals surface area contributed by atoms with Crippen molar-refractivity contribution in [1.82, 2.24) is 5.32 Å². The van der Waals surface area contributed by atoms with Gasteiger partial charge in [-0.3, -0.25) is 10.1 Å². The summed E-state index contributed by atoms with van der Waals surface area (Å²) in [5.74, 6) is -0.376. The summed E-state index contributed by atoms with van der Waals surface area (Å²) >= 11 is 0. The smallest absolute Gasteiger partial charge is 0.414 e. The van der Waals surface area contributed by atoms with Gasteiger partial charge >= 0.3 is 6.09 Å². The molecule has 0 radical (unpaired) electrons. The second-order valence-electron chi connectivity index (χ2n) is 5.23. The molecular formula is C18H20N2O3. The summed E-state index contributed by atoms with van der Waals surface area (Å²) in [6.07, 6.45) is -0.555. The van der Waals surface area contributed by atoms with E-state index in [9.17, 15) is 9.59 Å². The molecule has 5 heteroatoms. The fraction of sp³-hybridized carbons (Fsp3) is 0.222. The Bertz CT molecular complexity index is 629. The van der Waals surface area contributed by atoms with Crippen LogP contribution in [0.4, 0.5) is 10.5 Å². The van der Waals surface area contributed by atoms with E-state index >= 15 is 0 Å². The zero-order chi connectivity index (χ0) is 16.5. The van der Waals surface area contributed by atoms with Crippen LogP contribution in [0.1, 0.15) is 18.9 Å². The summed E-state index contributed by atoms with van der Waals surface area (Å²) in [5, 5.41) is 5.42. The van der Waals surface area contributed by atoms with Gasteiger partial charge in [0.05, 0.1) is 0 Å². The molecule has 2 rings (SSSR count). The predicted molar refractivity (Wildman–Crippen MR) is 88.9 cm³/mol. The number of alkyl carbamates (subject to hydrolysis) is 1. The summed E-state index contributed by atoms with van der Waals surface area (Å²) in [4.78, 5) is 23.4. The van der Waals surface area contributed by atoms with Gasteiger partial charge in [-0.15, -0.1) is 0 Å². The van der Waals surface area contributed by atoms with Crippen molar-refractivity contribution in [2.75, 3.05) is 5.32 Å². The van der Waals surface area contributed by atoms with Gasteiger partial charge in [0.15, 0.2) is 0 Å². The van der Waals surface area contributed by atoms with Gasteiger partial charge in [0.1, 0.15) is 6.61 Å². The number of amides is 2. The molecule has 0 aliphatic heterocycles. The maximum atomic E-state index is 11.8. The number of hydrogen-bond acceptors (Lipinski definition) is 4. The van der Waals surface area contributed by atoms with Crippen molar-refractivity contribution in [3.63, 3.8) is 0 Å². The van der Waals surface area contributed by atoms with Crippen molar-refractivity contribution in [3.05, 3.63) is 66.2 Å². The van der Waals surface area contributed by atoms with Gasteiger partial charge in [0.2, 0.25) is 5.91 Å². The standard InChI is InChI=1S/C18H20N2O3/c1-14(19-16-10-6-3-7-11-16)12-17(21)20-18(22)23-13-15-8-4-2-5-9-15/h2-11,14,19H,12-13H2,1H3,(H,20,21,22)/t14-/m0/s1. The van der Waals surface area contributed by atoms with Crippen molar-refractivity contribution < 1.29 is 14.3 Å². The fourth-order valence-electron chi connectivity index (χ4n) is 2.07. The van der Waals surface area contributed by atoms with Crippen LogP contribution in [0.3, 0.4) is 0 Å². The van der Waals surface area contributed by atoms with Gasteiger partial charge < -0.3 is 10.1 Å². The lowest BCUT2D eigenvalue weighted by Crippen LogP contribution is -2.34. The van der Waals surface area contributed by atoms with E-state index in [1.54, 1.807) is 0 Å².